The Morgan fingerprint density at radius 2 is 2.19 bits per heavy atom. The lowest BCUT2D eigenvalue weighted by atomic mass is 10.1. The third kappa shape index (κ3) is 7.05. The molecule has 0 aliphatic rings. The van der Waals surface area contributed by atoms with Crippen molar-refractivity contribution in [3.8, 4) is 0 Å². The molecule has 0 radical (unpaired) electrons. The highest BCUT2D eigenvalue weighted by Crippen LogP contribution is 2.00. The Morgan fingerprint density at radius 3 is 2.62 bits per heavy atom. The monoisotopic (exact) mass is 230 g/mol. The zero-order chi connectivity index (χ0) is 12.6. The van der Waals surface area contributed by atoms with E-state index < -0.39 is 12.0 Å². The van der Waals surface area contributed by atoms with E-state index in [0.29, 0.717) is 19.4 Å². The van der Waals surface area contributed by atoms with Crippen molar-refractivity contribution in [2.45, 2.75) is 45.2 Å². The number of hydrogen-bond donors (Lipinski definition) is 5. The van der Waals surface area contributed by atoms with Crippen LogP contribution in [0.3, 0.4) is 0 Å². The molecule has 0 aromatic rings. The predicted molar refractivity (Wildman–Crippen MR) is 63.5 cm³/mol. The first-order valence-corrected chi connectivity index (χ1v) is 5.54. The Morgan fingerprint density at radius 1 is 1.56 bits per heavy atom. The first-order chi connectivity index (χ1) is 7.47. The maximum atomic E-state index is 10.9. The minimum Gasteiger partial charge on any atom is -0.480 e. The largest absolute Gasteiger partial charge is 0.480 e. The average molecular weight is 230 g/mol. The molecule has 16 heavy (non-hydrogen) atoms. The molecule has 0 aromatic heterocycles. The summed E-state index contributed by atoms with van der Waals surface area (Å²) < 4.78 is 0. The van der Waals surface area contributed by atoms with E-state index in [2.05, 4.69) is 10.6 Å². The Balaban J connectivity index is 3.86. The molecule has 0 amide bonds. The molecule has 6 heteroatoms. The summed E-state index contributed by atoms with van der Waals surface area (Å²) in [6.45, 7) is 4.50. The quantitative estimate of drug-likeness (QED) is 0.230. The van der Waals surface area contributed by atoms with Crippen LogP contribution in [0, 0.1) is 5.41 Å². The van der Waals surface area contributed by atoms with Crippen molar-refractivity contribution in [2.24, 2.45) is 5.73 Å². The van der Waals surface area contributed by atoms with Crippen LogP contribution in [0.25, 0.3) is 0 Å². The third-order valence-corrected chi connectivity index (χ3v) is 2.38. The number of hydrogen-bond acceptors (Lipinski definition) is 3. The highest BCUT2D eigenvalue weighted by molar-refractivity contribution is 5.74. The van der Waals surface area contributed by atoms with Gasteiger partial charge in [-0.15, -0.1) is 0 Å². The van der Waals surface area contributed by atoms with E-state index >= 15 is 0 Å². The van der Waals surface area contributed by atoms with Crippen LogP contribution in [0.2, 0.25) is 0 Å². The molecule has 2 unspecified atom stereocenters. The summed E-state index contributed by atoms with van der Waals surface area (Å²) in [5, 5.41) is 21.6. The van der Waals surface area contributed by atoms with E-state index in [9.17, 15) is 4.79 Å². The van der Waals surface area contributed by atoms with Gasteiger partial charge in [0.25, 0.3) is 0 Å². The van der Waals surface area contributed by atoms with Crippen LogP contribution in [0.1, 0.15) is 33.1 Å². The molecule has 2 atom stereocenters. The van der Waals surface area contributed by atoms with Crippen molar-refractivity contribution in [3.05, 3.63) is 0 Å². The van der Waals surface area contributed by atoms with Gasteiger partial charge in [0.2, 0.25) is 0 Å². The molecular weight excluding hydrogens is 208 g/mol. The molecule has 0 aromatic carbocycles. The number of carboxylic acids is 1. The summed E-state index contributed by atoms with van der Waals surface area (Å²) in [5.41, 5.74) is 5.11. The second-order valence-electron chi connectivity index (χ2n) is 3.85. The number of aliphatic carboxylic acids is 1. The molecule has 0 fully saturated rings. The van der Waals surface area contributed by atoms with Gasteiger partial charge in [0.15, 0.2) is 5.96 Å². The molecule has 0 saturated carbocycles. The van der Waals surface area contributed by atoms with Crippen molar-refractivity contribution >= 4 is 11.9 Å². The Labute approximate surface area is 96.1 Å². The number of carbonyl (C=O) groups is 1. The fourth-order valence-electron chi connectivity index (χ4n) is 1.27. The van der Waals surface area contributed by atoms with Crippen molar-refractivity contribution in [2.75, 3.05) is 6.54 Å². The summed E-state index contributed by atoms with van der Waals surface area (Å²) in [6.07, 6.45) is 2.09. The van der Waals surface area contributed by atoms with Gasteiger partial charge in [-0.2, -0.15) is 0 Å². The number of rotatable bonds is 8. The van der Waals surface area contributed by atoms with Crippen LogP contribution in [-0.2, 0) is 4.79 Å². The van der Waals surface area contributed by atoms with E-state index in [1.54, 1.807) is 0 Å². The van der Waals surface area contributed by atoms with Crippen LogP contribution in [0.5, 0.6) is 0 Å². The van der Waals surface area contributed by atoms with Crippen LogP contribution in [0.4, 0.5) is 0 Å². The molecule has 0 heterocycles. The topological polar surface area (TPSA) is 111 Å². The number of nitrogens with two attached hydrogens (primary N) is 1. The van der Waals surface area contributed by atoms with E-state index in [1.165, 1.54) is 0 Å². The van der Waals surface area contributed by atoms with Crippen molar-refractivity contribution in [1.82, 2.24) is 10.6 Å². The lowest BCUT2D eigenvalue weighted by Crippen LogP contribution is -2.42. The molecule has 0 aliphatic heterocycles. The van der Waals surface area contributed by atoms with Crippen molar-refractivity contribution < 1.29 is 9.90 Å². The highest BCUT2D eigenvalue weighted by Gasteiger charge is 2.17. The minimum atomic E-state index is -0.830. The molecule has 94 valence electrons. The van der Waals surface area contributed by atoms with Crippen LogP contribution in [0.15, 0.2) is 0 Å². The molecular formula is C10H22N4O2. The fourth-order valence-corrected chi connectivity index (χ4v) is 1.27. The van der Waals surface area contributed by atoms with Gasteiger partial charge in [-0.25, -0.2) is 0 Å². The standard InChI is InChI=1S/C10H22N4O2/c1-3-7(2)14-8(9(15)16)5-4-6-13-10(11)12/h7-8,14H,3-6H2,1-2H3,(H,15,16)(H4,11,12,13). The van der Waals surface area contributed by atoms with Gasteiger partial charge < -0.3 is 21.5 Å². The second-order valence-corrected chi connectivity index (χ2v) is 3.85. The van der Waals surface area contributed by atoms with Crippen molar-refractivity contribution in [1.29, 1.82) is 5.41 Å². The van der Waals surface area contributed by atoms with Crippen LogP contribution >= 0.6 is 0 Å². The lowest BCUT2D eigenvalue weighted by Gasteiger charge is -2.19. The molecule has 0 bridgehead atoms. The van der Waals surface area contributed by atoms with E-state index in [4.69, 9.17) is 16.2 Å². The van der Waals surface area contributed by atoms with Gasteiger partial charge in [0, 0.05) is 12.6 Å². The molecule has 0 spiro atoms. The minimum absolute atomic E-state index is 0.0817. The fraction of sp³-hybridized carbons (Fsp3) is 0.800. The van der Waals surface area contributed by atoms with Crippen molar-refractivity contribution in [3.63, 3.8) is 0 Å². The number of guanidine groups is 1. The first-order valence-electron chi connectivity index (χ1n) is 5.54. The lowest BCUT2D eigenvalue weighted by molar-refractivity contribution is -0.139. The summed E-state index contributed by atoms with van der Waals surface area (Å²) in [7, 11) is 0. The van der Waals surface area contributed by atoms with E-state index in [0.717, 1.165) is 6.42 Å². The Hall–Kier alpha value is -1.30. The highest BCUT2D eigenvalue weighted by atomic mass is 16.4. The van der Waals surface area contributed by atoms with Gasteiger partial charge in [-0.3, -0.25) is 10.2 Å². The molecule has 6 N–H and O–H groups in total. The number of carboxylic acid groups (broad SMARTS) is 1. The Kier molecular flexibility index (Phi) is 7.28. The predicted octanol–water partition coefficient (Wildman–Crippen LogP) is 0.0910. The van der Waals surface area contributed by atoms with E-state index in [1.807, 2.05) is 13.8 Å². The third-order valence-electron chi connectivity index (χ3n) is 2.38. The molecule has 0 aliphatic carbocycles. The zero-order valence-corrected chi connectivity index (χ0v) is 9.92. The number of nitrogens with one attached hydrogen (secondary N) is 3. The van der Waals surface area contributed by atoms with Gasteiger partial charge in [0.1, 0.15) is 6.04 Å². The Bertz CT molecular complexity index is 233. The molecule has 0 rings (SSSR count). The summed E-state index contributed by atoms with van der Waals surface area (Å²) in [5.74, 6) is -0.912. The normalized spacial score (nSPS) is 14.1. The zero-order valence-electron chi connectivity index (χ0n) is 9.92. The van der Waals surface area contributed by atoms with Gasteiger partial charge in [0.05, 0.1) is 0 Å². The van der Waals surface area contributed by atoms with E-state index in [-0.39, 0.29) is 12.0 Å². The maximum absolute atomic E-state index is 10.9. The average Bonchev–Trinajstić information content (AvgIpc) is 2.21. The smallest absolute Gasteiger partial charge is 0.320 e. The summed E-state index contributed by atoms with van der Waals surface area (Å²) >= 11 is 0. The second kappa shape index (κ2) is 7.92. The van der Waals surface area contributed by atoms with Crippen LogP contribution in [-0.4, -0.2) is 35.7 Å². The van der Waals surface area contributed by atoms with Gasteiger partial charge in [-0.1, -0.05) is 6.92 Å². The SMILES string of the molecule is CCC(C)NC(CCCNC(=N)N)C(=O)O. The van der Waals surface area contributed by atoms with Gasteiger partial charge in [-0.05, 0) is 26.2 Å². The summed E-state index contributed by atoms with van der Waals surface area (Å²) in [6, 6.07) is -0.328. The summed E-state index contributed by atoms with van der Waals surface area (Å²) in [4.78, 5) is 10.9. The van der Waals surface area contributed by atoms with Crippen LogP contribution < -0.4 is 16.4 Å². The first kappa shape index (κ1) is 14.7. The molecule has 6 nitrogen and oxygen atoms in total. The maximum Gasteiger partial charge on any atom is 0.320 e. The van der Waals surface area contributed by atoms with Gasteiger partial charge >= 0.3 is 5.97 Å². The molecule has 0 saturated heterocycles.